The predicted octanol–water partition coefficient (Wildman–Crippen LogP) is 3.71. The summed E-state index contributed by atoms with van der Waals surface area (Å²) in [6, 6.07) is 14.6. The molecular formula is C14H9IN2O2. The Bertz CT molecular complexity index is 707. The lowest BCUT2D eigenvalue weighted by molar-refractivity contribution is 0.432. The smallest absolute Gasteiger partial charge is 0.258 e. The molecule has 0 saturated carbocycles. The van der Waals surface area contributed by atoms with E-state index >= 15 is 0 Å². The highest BCUT2D eigenvalue weighted by Crippen LogP contribution is 2.24. The first-order valence-corrected chi connectivity index (χ1v) is 6.69. The zero-order valence-electron chi connectivity index (χ0n) is 9.75. The standard InChI is InChI=1S/C14H9IN2O2/c15-11-6-4-9(5-7-11)14-16-13(17-19-14)10-2-1-3-12(18)8-10/h1-8,18H. The number of rotatable bonds is 2. The van der Waals surface area contributed by atoms with Crippen LogP contribution in [0.1, 0.15) is 0 Å². The molecule has 0 unspecified atom stereocenters. The van der Waals surface area contributed by atoms with Crippen LogP contribution in [0, 0.1) is 3.57 Å². The van der Waals surface area contributed by atoms with E-state index in [-0.39, 0.29) is 5.75 Å². The number of halogens is 1. The molecule has 0 bridgehead atoms. The number of aromatic nitrogens is 2. The molecule has 0 radical (unpaired) electrons. The van der Waals surface area contributed by atoms with Gasteiger partial charge in [-0.3, -0.25) is 0 Å². The zero-order valence-corrected chi connectivity index (χ0v) is 11.9. The number of nitrogens with zero attached hydrogens (tertiary/aromatic N) is 2. The summed E-state index contributed by atoms with van der Waals surface area (Å²) in [6.07, 6.45) is 0. The first-order chi connectivity index (χ1) is 9.22. The molecule has 19 heavy (non-hydrogen) atoms. The lowest BCUT2D eigenvalue weighted by Gasteiger charge is -1.95. The van der Waals surface area contributed by atoms with Crippen LogP contribution in [0.25, 0.3) is 22.8 Å². The molecule has 2 aromatic carbocycles. The van der Waals surface area contributed by atoms with Crippen molar-refractivity contribution in [3.63, 3.8) is 0 Å². The summed E-state index contributed by atoms with van der Waals surface area (Å²) < 4.78 is 6.39. The lowest BCUT2D eigenvalue weighted by atomic mass is 10.2. The van der Waals surface area contributed by atoms with Crippen molar-refractivity contribution in [2.45, 2.75) is 0 Å². The summed E-state index contributed by atoms with van der Waals surface area (Å²) in [6.45, 7) is 0. The van der Waals surface area contributed by atoms with E-state index in [2.05, 4.69) is 32.7 Å². The van der Waals surface area contributed by atoms with Crippen molar-refractivity contribution in [1.29, 1.82) is 0 Å². The molecular weight excluding hydrogens is 355 g/mol. The van der Waals surface area contributed by atoms with Gasteiger partial charge in [0.25, 0.3) is 5.89 Å². The largest absolute Gasteiger partial charge is 0.508 e. The molecule has 3 rings (SSSR count). The molecule has 0 aliphatic rings. The molecule has 0 saturated heterocycles. The molecule has 1 aromatic heterocycles. The van der Waals surface area contributed by atoms with Crippen LogP contribution in [0.3, 0.4) is 0 Å². The van der Waals surface area contributed by atoms with Gasteiger partial charge in [0, 0.05) is 14.7 Å². The van der Waals surface area contributed by atoms with Gasteiger partial charge in [0.1, 0.15) is 5.75 Å². The van der Waals surface area contributed by atoms with Crippen LogP contribution in [-0.4, -0.2) is 15.2 Å². The number of hydrogen-bond donors (Lipinski definition) is 1. The SMILES string of the molecule is Oc1cccc(-c2noc(-c3ccc(I)cc3)n2)c1. The minimum absolute atomic E-state index is 0.179. The van der Waals surface area contributed by atoms with Crippen LogP contribution >= 0.6 is 22.6 Å². The van der Waals surface area contributed by atoms with Crippen LogP contribution in [-0.2, 0) is 0 Å². The van der Waals surface area contributed by atoms with Crippen molar-refractivity contribution in [3.05, 3.63) is 52.1 Å². The van der Waals surface area contributed by atoms with E-state index in [1.54, 1.807) is 18.2 Å². The third kappa shape index (κ3) is 2.60. The number of aromatic hydroxyl groups is 1. The normalized spacial score (nSPS) is 10.6. The van der Waals surface area contributed by atoms with E-state index in [0.717, 1.165) is 14.7 Å². The van der Waals surface area contributed by atoms with E-state index in [4.69, 9.17) is 4.52 Å². The Morgan fingerprint density at radius 1 is 1.00 bits per heavy atom. The molecule has 1 heterocycles. The Hall–Kier alpha value is -1.89. The molecule has 1 N–H and O–H groups in total. The van der Waals surface area contributed by atoms with Gasteiger partial charge >= 0.3 is 0 Å². The van der Waals surface area contributed by atoms with E-state index in [9.17, 15) is 5.11 Å². The zero-order chi connectivity index (χ0) is 13.2. The fourth-order valence-electron chi connectivity index (χ4n) is 1.70. The molecule has 0 aliphatic carbocycles. The second kappa shape index (κ2) is 5.00. The van der Waals surface area contributed by atoms with Crippen molar-refractivity contribution >= 4 is 22.6 Å². The van der Waals surface area contributed by atoms with Gasteiger partial charge in [0.15, 0.2) is 0 Å². The Morgan fingerprint density at radius 3 is 2.53 bits per heavy atom. The Labute approximate surface area is 123 Å². The number of phenols is 1. The van der Waals surface area contributed by atoms with Crippen molar-refractivity contribution < 1.29 is 9.63 Å². The van der Waals surface area contributed by atoms with Crippen molar-refractivity contribution in [2.75, 3.05) is 0 Å². The summed E-state index contributed by atoms with van der Waals surface area (Å²) in [5.41, 5.74) is 1.60. The molecule has 0 atom stereocenters. The maximum atomic E-state index is 9.44. The lowest BCUT2D eigenvalue weighted by Crippen LogP contribution is -1.81. The van der Waals surface area contributed by atoms with Crippen molar-refractivity contribution in [1.82, 2.24) is 10.1 Å². The monoisotopic (exact) mass is 364 g/mol. The summed E-state index contributed by atoms with van der Waals surface area (Å²) >= 11 is 2.24. The molecule has 0 aliphatic heterocycles. The fraction of sp³-hybridized carbons (Fsp3) is 0. The maximum Gasteiger partial charge on any atom is 0.258 e. The molecule has 0 spiro atoms. The Balaban J connectivity index is 1.97. The van der Waals surface area contributed by atoms with Gasteiger partial charge in [-0.25, -0.2) is 0 Å². The summed E-state index contributed by atoms with van der Waals surface area (Å²) in [4.78, 5) is 4.33. The van der Waals surface area contributed by atoms with Crippen LogP contribution in [0.4, 0.5) is 0 Å². The third-order valence-corrected chi connectivity index (χ3v) is 3.34. The van der Waals surface area contributed by atoms with Crippen LogP contribution < -0.4 is 0 Å². The minimum atomic E-state index is 0.179. The van der Waals surface area contributed by atoms with E-state index in [0.29, 0.717) is 11.7 Å². The van der Waals surface area contributed by atoms with Gasteiger partial charge in [-0.15, -0.1) is 0 Å². The topological polar surface area (TPSA) is 59.2 Å². The van der Waals surface area contributed by atoms with Gasteiger partial charge in [-0.1, -0.05) is 17.3 Å². The van der Waals surface area contributed by atoms with Gasteiger partial charge in [-0.2, -0.15) is 4.98 Å². The minimum Gasteiger partial charge on any atom is -0.508 e. The average Bonchev–Trinajstić information content (AvgIpc) is 2.89. The third-order valence-electron chi connectivity index (χ3n) is 2.62. The predicted molar refractivity (Wildman–Crippen MR) is 79.6 cm³/mol. The van der Waals surface area contributed by atoms with Crippen LogP contribution in [0.2, 0.25) is 0 Å². The number of phenolic OH excluding ortho intramolecular Hbond substituents is 1. The Morgan fingerprint density at radius 2 is 1.79 bits per heavy atom. The van der Waals surface area contributed by atoms with Gasteiger partial charge in [0.05, 0.1) is 0 Å². The van der Waals surface area contributed by atoms with Gasteiger partial charge in [-0.05, 0) is 59.0 Å². The Kier molecular flexibility index (Phi) is 3.20. The molecule has 3 aromatic rings. The van der Waals surface area contributed by atoms with Crippen molar-refractivity contribution in [3.8, 4) is 28.6 Å². The summed E-state index contributed by atoms with van der Waals surface area (Å²) in [5, 5.41) is 13.4. The van der Waals surface area contributed by atoms with E-state index < -0.39 is 0 Å². The highest BCUT2D eigenvalue weighted by atomic mass is 127. The average molecular weight is 364 g/mol. The molecule has 4 nitrogen and oxygen atoms in total. The molecule has 5 heteroatoms. The van der Waals surface area contributed by atoms with E-state index in [1.165, 1.54) is 0 Å². The van der Waals surface area contributed by atoms with E-state index in [1.807, 2.05) is 30.3 Å². The molecule has 0 fully saturated rings. The second-order valence-electron chi connectivity index (χ2n) is 3.98. The second-order valence-corrected chi connectivity index (χ2v) is 5.23. The van der Waals surface area contributed by atoms with Crippen LogP contribution in [0.15, 0.2) is 53.1 Å². The van der Waals surface area contributed by atoms with Gasteiger partial charge < -0.3 is 9.63 Å². The first kappa shape index (κ1) is 12.2. The van der Waals surface area contributed by atoms with Crippen molar-refractivity contribution in [2.24, 2.45) is 0 Å². The maximum absolute atomic E-state index is 9.44. The van der Waals surface area contributed by atoms with Crippen LogP contribution in [0.5, 0.6) is 5.75 Å². The first-order valence-electron chi connectivity index (χ1n) is 5.61. The quantitative estimate of drug-likeness (QED) is 0.705. The fourth-order valence-corrected chi connectivity index (χ4v) is 2.06. The highest BCUT2D eigenvalue weighted by Gasteiger charge is 2.10. The summed E-state index contributed by atoms with van der Waals surface area (Å²) in [5.74, 6) is 1.11. The van der Waals surface area contributed by atoms with Gasteiger partial charge in [0.2, 0.25) is 5.82 Å². The number of hydrogen-bond acceptors (Lipinski definition) is 4. The molecule has 94 valence electrons. The highest BCUT2D eigenvalue weighted by molar-refractivity contribution is 14.1. The number of benzene rings is 2. The molecule has 0 amide bonds. The summed E-state index contributed by atoms with van der Waals surface area (Å²) in [7, 11) is 0.